The molecule has 3 aromatic rings. The molecule has 2 aromatic carbocycles. The molecule has 1 heterocycles. The molecule has 136 valence electrons. The van der Waals surface area contributed by atoms with E-state index in [-0.39, 0.29) is 12.5 Å². The van der Waals surface area contributed by atoms with Gasteiger partial charge in [0.2, 0.25) is 15.9 Å². The van der Waals surface area contributed by atoms with Crippen LogP contribution in [0, 0.1) is 0 Å². The number of benzene rings is 2. The summed E-state index contributed by atoms with van der Waals surface area (Å²) in [7, 11) is -3.36. The molecule has 0 atom stereocenters. The summed E-state index contributed by atoms with van der Waals surface area (Å²) in [5.41, 5.74) is 2.49. The molecule has 0 unspecified atom stereocenters. The molecule has 0 bridgehead atoms. The van der Waals surface area contributed by atoms with Gasteiger partial charge in [0.1, 0.15) is 6.54 Å². The van der Waals surface area contributed by atoms with Crippen molar-refractivity contribution in [2.75, 3.05) is 17.5 Å². The van der Waals surface area contributed by atoms with E-state index in [4.69, 9.17) is 0 Å². The van der Waals surface area contributed by atoms with Crippen LogP contribution < -0.4 is 10.0 Å². The standard InChI is InChI=1S/C19H21N3O3S/c1-26(24,25)21-17-8-5-9-18-16(17)11-13-22(18)14-19(23)20-12-10-15-6-3-2-4-7-15/h2-9,11,13,21H,10,12,14H2,1H3,(H,20,23). The average molecular weight is 371 g/mol. The summed E-state index contributed by atoms with van der Waals surface area (Å²) >= 11 is 0. The highest BCUT2D eigenvalue weighted by atomic mass is 32.2. The van der Waals surface area contributed by atoms with Crippen molar-refractivity contribution in [2.24, 2.45) is 0 Å². The number of anilines is 1. The van der Waals surface area contributed by atoms with Crippen LogP contribution in [0.1, 0.15) is 5.56 Å². The van der Waals surface area contributed by atoms with E-state index in [0.717, 1.165) is 23.6 Å². The summed E-state index contributed by atoms with van der Waals surface area (Å²) in [6.07, 6.45) is 3.68. The van der Waals surface area contributed by atoms with Crippen LogP contribution in [0.2, 0.25) is 0 Å². The zero-order valence-electron chi connectivity index (χ0n) is 14.5. The van der Waals surface area contributed by atoms with E-state index in [1.807, 2.05) is 36.4 Å². The zero-order valence-corrected chi connectivity index (χ0v) is 15.3. The zero-order chi connectivity index (χ0) is 18.6. The highest BCUT2D eigenvalue weighted by Gasteiger charge is 2.11. The minimum atomic E-state index is -3.36. The predicted molar refractivity (Wildman–Crippen MR) is 104 cm³/mol. The Bertz CT molecular complexity index is 1010. The van der Waals surface area contributed by atoms with Crippen LogP contribution in [-0.4, -0.2) is 31.7 Å². The highest BCUT2D eigenvalue weighted by Crippen LogP contribution is 2.25. The number of sulfonamides is 1. The van der Waals surface area contributed by atoms with Crippen molar-refractivity contribution in [3.05, 3.63) is 66.4 Å². The average Bonchev–Trinajstić information content (AvgIpc) is 2.99. The molecule has 1 aromatic heterocycles. The summed E-state index contributed by atoms with van der Waals surface area (Å²) in [5.74, 6) is -0.0834. The molecule has 7 heteroatoms. The fourth-order valence-corrected chi connectivity index (χ4v) is 3.43. The first-order chi connectivity index (χ1) is 12.4. The molecule has 0 saturated heterocycles. The molecule has 6 nitrogen and oxygen atoms in total. The maximum atomic E-state index is 12.2. The van der Waals surface area contributed by atoms with Crippen LogP contribution in [0.5, 0.6) is 0 Å². The SMILES string of the molecule is CS(=O)(=O)Nc1cccc2c1ccn2CC(=O)NCCc1ccccc1. The molecule has 1 amide bonds. The molecule has 0 aliphatic carbocycles. The van der Waals surface area contributed by atoms with E-state index >= 15 is 0 Å². The molecule has 3 rings (SSSR count). The third kappa shape index (κ3) is 4.64. The normalized spacial score (nSPS) is 11.4. The van der Waals surface area contributed by atoms with Crippen LogP contribution in [0.4, 0.5) is 5.69 Å². The molecule has 0 saturated carbocycles. The van der Waals surface area contributed by atoms with Gasteiger partial charge in [0.15, 0.2) is 0 Å². The van der Waals surface area contributed by atoms with Crippen LogP contribution in [0.15, 0.2) is 60.8 Å². The van der Waals surface area contributed by atoms with E-state index in [1.165, 1.54) is 5.56 Å². The van der Waals surface area contributed by atoms with Gasteiger partial charge in [-0.1, -0.05) is 36.4 Å². The second-order valence-corrected chi connectivity index (χ2v) is 7.89. The number of nitrogens with one attached hydrogen (secondary N) is 2. The first-order valence-electron chi connectivity index (χ1n) is 8.29. The second kappa shape index (κ2) is 7.61. The molecule has 0 aliphatic rings. The van der Waals surface area contributed by atoms with Gasteiger partial charge in [0, 0.05) is 18.1 Å². The smallest absolute Gasteiger partial charge is 0.239 e. The number of carbonyl (C=O) groups excluding carboxylic acids is 1. The quantitative estimate of drug-likeness (QED) is 0.669. The van der Waals surface area contributed by atoms with Gasteiger partial charge in [-0.3, -0.25) is 9.52 Å². The molecule has 0 fully saturated rings. The Morgan fingerprint density at radius 2 is 1.81 bits per heavy atom. The number of aromatic nitrogens is 1. The lowest BCUT2D eigenvalue weighted by molar-refractivity contribution is -0.121. The van der Waals surface area contributed by atoms with Gasteiger partial charge >= 0.3 is 0 Å². The Morgan fingerprint density at radius 1 is 1.04 bits per heavy atom. The summed E-state index contributed by atoms with van der Waals surface area (Å²) in [5, 5.41) is 3.67. The Kier molecular flexibility index (Phi) is 5.27. The van der Waals surface area contributed by atoms with Crippen LogP contribution in [0.3, 0.4) is 0 Å². The van der Waals surface area contributed by atoms with Crippen molar-refractivity contribution in [1.29, 1.82) is 0 Å². The number of amides is 1. The third-order valence-corrected chi connectivity index (χ3v) is 4.59. The fourth-order valence-electron chi connectivity index (χ4n) is 2.85. The van der Waals surface area contributed by atoms with Crippen molar-refractivity contribution in [3.63, 3.8) is 0 Å². The van der Waals surface area contributed by atoms with E-state index in [2.05, 4.69) is 10.0 Å². The van der Waals surface area contributed by atoms with E-state index in [1.54, 1.807) is 29.0 Å². The van der Waals surface area contributed by atoms with Gasteiger partial charge < -0.3 is 9.88 Å². The van der Waals surface area contributed by atoms with Crippen molar-refractivity contribution >= 4 is 32.5 Å². The Labute approximate surface area is 152 Å². The van der Waals surface area contributed by atoms with Crippen molar-refractivity contribution < 1.29 is 13.2 Å². The predicted octanol–water partition coefficient (Wildman–Crippen LogP) is 2.37. The number of fused-ring (bicyclic) bond motifs is 1. The Morgan fingerprint density at radius 3 is 2.54 bits per heavy atom. The molecular weight excluding hydrogens is 350 g/mol. The minimum absolute atomic E-state index is 0.0834. The van der Waals surface area contributed by atoms with Gasteiger partial charge in [-0.15, -0.1) is 0 Å². The first kappa shape index (κ1) is 18.0. The number of nitrogens with zero attached hydrogens (tertiary/aromatic N) is 1. The Hall–Kier alpha value is -2.80. The van der Waals surface area contributed by atoms with Gasteiger partial charge in [-0.05, 0) is 30.2 Å². The lowest BCUT2D eigenvalue weighted by atomic mass is 10.1. The van der Waals surface area contributed by atoms with Crippen molar-refractivity contribution in [2.45, 2.75) is 13.0 Å². The summed E-state index contributed by atoms with van der Waals surface area (Å²) in [6, 6.07) is 17.1. The second-order valence-electron chi connectivity index (χ2n) is 6.14. The van der Waals surface area contributed by atoms with E-state index in [0.29, 0.717) is 12.2 Å². The summed E-state index contributed by atoms with van der Waals surface area (Å²) in [6.45, 7) is 0.754. The van der Waals surface area contributed by atoms with Crippen LogP contribution in [-0.2, 0) is 27.8 Å². The first-order valence-corrected chi connectivity index (χ1v) is 10.2. The highest BCUT2D eigenvalue weighted by molar-refractivity contribution is 7.92. The van der Waals surface area contributed by atoms with Gasteiger partial charge in [-0.2, -0.15) is 0 Å². The summed E-state index contributed by atoms with van der Waals surface area (Å²) < 4.78 is 27.3. The topological polar surface area (TPSA) is 80.2 Å². The molecular formula is C19H21N3O3S. The molecule has 2 N–H and O–H groups in total. The Balaban J connectivity index is 1.65. The maximum Gasteiger partial charge on any atom is 0.239 e. The van der Waals surface area contributed by atoms with Gasteiger partial charge in [-0.25, -0.2) is 8.42 Å². The number of rotatable bonds is 7. The number of carbonyl (C=O) groups is 1. The van der Waals surface area contributed by atoms with Crippen molar-refractivity contribution in [3.8, 4) is 0 Å². The summed E-state index contributed by atoms with van der Waals surface area (Å²) in [4.78, 5) is 12.2. The number of hydrogen-bond acceptors (Lipinski definition) is 3. The third-order valence-electron chi connectivity index (χ3n) is 4.00. The van der Waals surface area contributed by atoms with Crippen LogP contribution in [0.25, 0.3) is 10.9 Å². The maximum absolute atomic E-state index is 12.2. The van der Waals surface area contributed by atoms with E-state index in [9.17, 15) is 13.2 Å². The molecule has 26 heavy (non-hydrogen) atoms. The van der Waals surface area contributed by atoms with Gasteiger partial charge in [0.05, 0.1) is 17.5 Å². The molecule has 0 radical (unpaired) electrons. The fraction of sp³-hybridized carbons (Fsp3) is 0.211. The number of hydrogen-bond donors (Lipinski definition) is 2. The lowest BCUT2D eigenvalue weighted by Crippen LogP contribution is -2.29. The van der Waals surface area contributed by atoms with Gasteiger partial charge in [0.25, 0.3) is 0 Å². The molecule has 0 spiro atoms. The monoisotopic (exact) mass is 371 g/mol. The minimum Gasteiger partial charge on any atom is -0.354 e. The van der Waals surface area contributed by atoms with E-state index < -0.39 is 10.0 Å². The lowest BCUT2D eigenvalue weighted by Gasteiger charge is -2.09. The largest absolute Gasteiger partial charge is 0.354 e. The van der Waals surface area contributed by atoms with Crippen LogP contribution >= 0.6 is 0 Å². The van der Waals surface area contributed by atoms with Crippen molar-refractivity contribution in [1.82, 2.24) is 9.88 Å². The molecule has 0 aliphatic heterocycles.